The minimum Gasteiger partial charge on any atom is -0.392 e. The van der Waals surface area contributed by atoms with Gasteiger partial charge in [-0.25, -0.2) is 0 Å². The maximum atomic E-state index is 12.4. The molecule has 0 aromatic heterocycles. The standard InChI is InChI=1S/C15H12Cl2N2OS/c16-10-6-7-12(11(17)8-10)19-15(20)13(14(18)21)9-4-2-1-3-5-9/h1-8,13H,(H2,18,21)(H,19,20). The second kappa shape index (κ2) is 6.89. The molecular formula is C15H12Cl2N2OS. The van der Waals surface area contributed by atoms with Gasteiger partial charge in [-0.3, -0.25) is 4.79 Å². The first-order valence-electron chi connectivity index (χ1n) is 6.09. The number of benzene rings is 2. The molecule has 1 unspecified atom stereocenters. The fourth-order valence-corrected chi connectivity index (χ4v) is 2.58. The Balaban J connectivity index is 2.26. The van der Waals surface area contributed by atoms with Gasteiger partial charge in [-0.1, -0.05) is 65.8 Å². The number of nitrogens with one attached hydrogen (secondary N) is 1. The summed E-state index contributed by atoms with van der Waals surface area (Å²) in [4.78, 5) is 12.5. The number of carbonyl (C=O) groups is 1. The second-order valence-corrected chi connectivity index (χ2v) is 5.67. The van der Waals surface area contributed by atoms with E-state index in [-0.39, 0.29) is 10.9 Å². The van der Waals surface area contributed by atoms with Crippen molar-refractivity contribution in [3.8, 4) is 0 Å². The molecule has 0 fully saturated rings. The van der Waals surface area contributed by atoms with Crippen LogP contribution in [0.25, 0.3) is 0 Å². The molecule has 3 N–H and O–H groups in total. The largest absolute Gasteiger partial charge is 0.392 e. The Morgan fingerprint density at radius 1 is 1.14 bits per heavy atom. The molecule has 0 spiro atoms. The normalized spacial score (nSPS) is 11.7. The Morgan fingerprint density at radius 3 is 2.38 bits per heavy atom. The maximum Gasteiger partial charge on any atom is 0.238 e. The average Bonchev–Trinajstić information content (AvgIpc) is 2.43. The number of thiocarbonyl (C=S) groups is 1. The lowest BCUT2D eigenvalue weighted by molar-refractivity contribution is -0.116. The summed E-state index contributed by atoms with van der Waals surface area (Å²) in [6.45, 7) is 0. The van der Waals surface area contributed by atoms with Crippen LogP contribution < -0.4 is 11.1 Å². The third-order valence-corrected chi connectivity index (χ3v) is 3.65. The Kier molecular flexibility index (Phi) is 5.17. The summed E-state index contributed by atoms with van der Waals surface area (Å²) in [6.07, 6.45) is 0. The van der Waals surface area contributed by atoms with Crippen molar-refractivity contribution in [2.24, 2.45) is 5.73 Å². The van der Waals surface area contributed by atoms with E-state index in [9.17, 15) is 4.79 Å². The molecule has 3 nitrogen and oxygen atoms in total. The van der Waals surface area contributed by atoms with Crippen LogP contribution in [0.3, 0.4) is 0 Å². The Hall–Kier alpha value is -1.62. The van der Waals surface area contributed by atoms with Crippen molar-refractivity contribution < 1.29 is 4.79 Å². The van der Waals surface area contributed by atoms with Crippen molar-refractivity contribution in [3.05, 3.63) is 64.1 Å². The third kappa shape index (κ3) is 3.94. The highest BCUT2D eigenvalue weighted by molar-refractivity contribution is 7.80. The zero-order valence-corrected chi connectivity index (χ0v) is 13.2. The predicted molar refractivity (Wildman–Crippen MR) is 91.1 cm³/mol. The fourth-order valence-electron chi connectivity index (χ4n) is 1.89. The summed E-state index contributed by atoms with van der Waals surface area (Å²) in [5.74, 6) is -1.05. The lowest BCUT2D eigenvalue weighted by Gasteiger charge is -2.16. The molecule has 0 aliphatic carbocycles. The highest BCUT2D eigenvalue weighted by Crippen LogP contribution is 2.27. The molecule has 1 amide bonds. The molecule has 6 heteroatoms. The van der Waals surface area contributed by atoms with Crippen molar-refractivity contribution in [1.29, 1.82) is 0 Å². The molecule has 0 aliphatic rings. The lowest BCUT2D eigenvalue weighted by Crippen LogP contribution is -2.31. The van der Waals surface area contributed by atoms with Crippen molar-refractivity contribution in [2.75, 3.05) is 5.32 Å². The molecular weight excluding hydrogens is 327 g/mol. The minimum absolute atomic E-state index is 0.101. The Morgan fingerprint density at radius 2 is 1.81 bits per heavy atom. The van der Waals surface area contributed by atoms with Crippen LogP contribution in [0.4, 0.5) is 5.69 Å². The first kappa shape index (κ1) is 15.8. The van der Waals surface area contributed by atoms with Gasteiger partial charge in [-0.05, 0) is 23.8 Å². The number of hydrogen-bond donors (Lipinski definition) is 2. The summed E-state index contributed by atoms with van der Waals surface area (Å²) < 4.78 is 0. The van der Waals surface area contributed by atoms with E-state index in [1.807, 2.05) is 18.2 Å². The smallest absolute Gasteiger partial charge is 0.238 e. The summed E-state index contributed by atoms with van der Waals surface area (Å²) in [5.41, 5.74) is 6.89. The van der Waals surface area contributed by atoms with Crippen LogP contribution in [0.1, 0.15) is 11.5 Å². The highest BCUT2D eigenvalue weighted by Gasteiger charge is 2.24. The number of nitrogens with two attached hydrogens (primary N) is 1. The molecule has 2 aromatic rings. The summed E-state index contributed by atoms with van der Waals surface area (Å²) >= 11 is 16.9. The van der Waals surface area contributed by atoms with Crippen molar-refractivity contribution >= 4 is 52.0 Å². The first-order valence-corrected chi connectivity index (χ1v) is 7.25. The van der Waals surface area contributed by atoms with Crippen molar-refractivity contribution in [3.63, 3.8) is 0 Å². The lowest BCUT2D eigenvalue weighted by atomic mass is 9.98. The van der Waals surface area contributed by atoms with Gasteiger partial charge in [-0.2, -0.15) is 0 Å². The molecule has 1 atom stereocenters. The molecule has 2 aromatic carbocycles. The van der Waals surface area contributed by atoms with E-state index >= 15 is 0 Å². The Bertz CT molecular complexity index is 677. The van der Waals surface area contributed by atoms with Crippen molar-refractivity contribution in [1.82, 2.24) is 0 Å². The van der Waals surface area contributed by atoms with Crippen LogP contribution in [0.15, 0.2) is 48.5 Å². The summed E-state index contributed by atoms with van der Waals surface area (Å²) in [6, 6.07) is 13.9. The van der Waals surface area contributed by atoms with Gasteiger partial charge < -0.3 is 11.1 Å². The summed E-state index contributed by atoms with van der Waals surface area (Å²) in [5, 5.41) is 3.57. The van der Waals surface area contributed by atoms with E-state index < -0.39 is 5.92 Å². The van der Waals surface area contributed by atoms with Gasteiger partial charge in [0, 0.05) is 5.02 Å². The average molecular weight is 339 g/mol. The van der Waals surface area contributed by atoms with Crippen LogP contribution >= 0.6 is 35.4 Å². The van der Waals surface area contributed by atoms with Crippen LogP contribution in [-0.4, -0.2) is 10.9 Å². The molecule has 2 rings (SSSR count). The number of hydrogen-bond acceptors (Lipinski definition) is 2. The Labute approximate surface area is 138 Å². The van der Waals surface area contributed by atoms with Crippen LogP contribution in [-0.2, 0) is 4.79 Å². The number of rotatable bonds is 4. The van der Waals surface area contributed by atoms with E-state index in [1.165, 1.54) is 0 Å². The van der Waals surface area contributed by atoms with Gasteiger partial charge in [0.15, 0.2) is 0 Å². The highest BCUT2D eigenvalue weighted by atomic mass is 35.5. The molecule has 0 saturated carbocycles. The number of amides is 1. The number of carbonyl (C=O) groups excluding carboxylic acids is 1. The quantitative estimate of drug-likeness (QED) is 0.828. The molecule has 0 radical (unpaired) electrons. The summed E-state index contributed by atoms with van der Waals surface area (Å²) in [7, 11) is 0. The van der Waals surface area contributed by atoms with Crippen LogP contribution in [0, 0.1) is 0 Å². The topological polar surface area (TPSA) is 55.1 Å². The molecule has 21 heavy (non-hydrogen) atoms. The molecule has 0 saturated heterocycles. The zero-order valence-electron chi connectivity index (χ0n) is 10.8. The minimum atomic E-state index is -0.715. The third-order valence-electron chi connectivity index (χ3n) is 2.87. The fraction of sp³-hybridized carbons (Fsp3) is 0.0667. The van der Waals surface area contributed by atoms with Crippen LogP contribution in [0.5, 0.6) is 0 Å². The molecule has 0 aliphatic heterocycles. The maximum absolute atomic E-state index is 12.4. The first-order chi connectivity index (χ1) is 9.99. The predicted octanol–water partition coefficient (Wildman–Crippen LogP) is 4.00. The van der Waals surface area contributed by atoms with E-state index in [0.29, 0.717) is 15.7 Å². The van der Waals surface area contributed by atoms with Gasteiger partial charge in [0.05, 0.1) is 15.7 Å². The van der Waals surface area contributed by atoms with Gasteiger partial charge in [0.2, 0.25) is 5.91 Å². The van der Waals surface area contributed by atoms with Gasteiger partial charge in [-0.15, -0.1) is 0 Å². The van der Waals surface area contributed by atoms with Gasteiger partial charge in [0.1, 0.15) is 5.92 Å². The number of anilines is 1. The number of halogens is 2. The molecule has 0 heterocycles. The van der Waals surface area contributed by atoms with Gasteiger partial charge >= 0.3 is 0 Å². The monoisotopic (exact) mass is 338 g/mol. The SMILES string of the molecule is NC(=S)C(C(=O)Nc1ccc(Cl)cc1Cl)c1ccccc1. The zero-order chi connectivity index (χ0) is 15.4. The van der Waals surface area contributed by atoms with Crippen molar-refractivity contribution in [2.45, 2.75) is 5.92 Å². The molecule has 108 valence electrons. The van der Waals surface area contributed by atoms with Gasteiger partial charge in [0.25, 0.3) is 0 Å². The van der Waals surface area contributed by atoms with E-state index in [1.54, 1.807) is 30.3 Å². The van der Waals surface area contributed by atoms with E-state index in [2.05, 4.69) is 5.32 Å². The van der Waals surface area contributed by atoms with E-state index in [0.717, 1.165) is 5.56 Å². The van der Waals surface area contributed by atoms with Crippen LogP contribution in [0.2, 0.25) is 10.0 Å². The second-order valence-electron chi connectivity index (χ2n) is 4.36. The molecule has 0 bridgehead atoms. The van der Waals surface area contributed by atoms with E-state index in [4.69, 9.17) is 41.2 Å².